The summed E-state index contributed by atoms with van der Waals surface area (Å²) in [6, 6.07) is 12.2. The van der Waals surface area contributed by atoms with Crippen molar-refractivity contribution in [3.05, 3.63) is 64.3 Å². The molecular weight excluding hydrogens is 402 g/mol. The highest BCUT2D eigenvalue weighted by Crippen LogP contribution is 2.31. The number of carbonyl (C=O) groups excluding carboxylic acids is 2. The number of hydrogen-bond donors (Lipinski definition) is 0. The molecule has 0 radical (unpaired) electrons. The van der Waals surface area contributed by atoms with Crippen LogP contribution in [0.2, 0.25) is 5.02 Å². The largest absolute Gasteiger partial charge is 0.497 e. The normalized spacial score (nSPS) is 11.5. The fourth-order valence-corrected chi connectivity index (χ4v) is 3.41. The molecule has 0 saturated carbocycles. The molecule has 0 spiro atoms. The second-order valence-electron chi connectivity index (χ2n) is 8.49. The molecule has 0 fully saturated rings. The van der Waals surface area contributed by atoms with E-state index in [0.29, 0.717) is 34.2 Å². The smallest absolute Gasteiger partial charge is 0.310 e. The molecule has 0 N–H and O–H groups in total. The van der Waals surface area contributed by atoms with Gasteiger partial charge in [-0.15, -0.1) is 0 Å². The first-order chi connectivity index (χ1) is 14.1. The van der Waals surface area contributed by atoms with E-state index in [-0.39, 0.29) is 23.7 Å². The third-order valence-corrected chi connectivity index (χ3v) is 5.08. The standard InChI is InChI=1S/C24H26ClNO4/c1-15-19(13-22(27)30-14-24(2,3)4)20-12-18(29-5)10-11-21(20)26(15)23(28)16-6-8-17(25)9-7-16/h6-12H,13-14H2,1-5H3. The molecule has 0 unspecified atom stereocenters. The van der Waals surface area contributed by atoms with E-state index in [1.165, 1.54) is 0 Å². The van der Waals surface area contributed by atoms with Crippen molar-refractivity contribution in [2.45, 2.75) is 34.1 Å². The first kappa shape index (κ1) is 21.9. The molecule has 0 bridgehead atoms. The zero-order valence-electron chi connectivity index (χ0n) is 17.9. The van der Waals surface area contributed by atoms with Crippen molar-refractivity contribution in [2.75, 3.05) is 13.7 Å². The second kappa shape index (κ2) is 8.52. The average Bonchev–Trinajstić information content (AvgIpc) is 2.96. The Hall–Kier alpha value is -2.79. The quantitative estimate of drug-likeness (QED) is 0.509. The van der Waals surface area contributed by atoms with E-state index in [9.17, 15) is 9.59 Å². The number of halogens is 1. The van der Waals surface area contributed by atoms with Crippen LogP contribution >= 0.6 is 11.6 Å². The zero-order valence-corrected chi connectivity index (χ0v) is 18.7. The maximum Gasteiger partial charge on any atom is 0.310 e. The Balaban J connectivity index is 2.06. The Morgan fingerprint density at radius 2 is 1.73 bits per heavy atom. The highest BCUT2D eigenvalue weighted by atomic mass is 35.5. The van der Waals surface area contributed by atoms with Gasteiger partial charge in [-0.1, -0.05) is 32.4 Å². The SMILES string of the molecule is COc1ccc2c(c1)c(CC(=O)OCC(C)(C)C)c(C)n2C(=O)c1ccc(Cl)cc1. The predicted molar refractivity (Wildman–Crippen MR) is 119 cm³/mol. The lowest BCUT2D eigenvalue weighted by Crippen LogP contribution is -2.20. The fraction of sp³-hybridized carbons (Fsp3) is 0.333. The van der Waals surface area contributed by atoms with E-state index in [2.05, 4.69) is 0 Å². The van der Waals surface area contributed by atoms with Gasteiger partial charge in [-0.05, 0) is 60.4 Å². The van der Waals surface area contributed by atoms with Crippen LogP contribution in [0.25, 0.3) is 10.9 Å². The number of benzene rings is 2. The number of nitrogens with zero attached hydrogens (tertiary/aromatic N) is 1. The first-order valence-electron chi connectivity index (χ1n) is 9.74. The summed E-state index contributed by atoms with van der Waals surface area (Å²) in [4.78, 5) is 25.8. The highest BCUT2D eigenvalue weighted by molar-refractivity contribution is 6.30. The predicted octanol–water partition coefficient (Wildman–Crippen LogP) is 5.43. The van der Waals surface area contributed by atoms with Gasteiger partial charge in [0.2, 0.25) is 0 Å². The third kappa shape index (κ3) is 4.68. The number of ether oxygens (including phenoxy) is 2. The summed E-state index contributed by atoms with van der Waals surface area (Å²) < 4.78 is 12.4. The number of esters is 1. The molecule has 3 rings (SSSR count). The lowest BCUT2D eigenvalue weighted by atomic mass is 9.99. The number of aromatic nitrogens is 1. The molecule has 0 saturated heterocycles. The van der Waals surface area contributed by atoms with Crippen molar-refractivity contribution < 1.29 is 19.1 Å². The summed E-state index contributed by atoms with van der Waals surface area (Å²) in [7, 11) is 1.58. The van der Waals surface area contributed by atoms with Crippen LogP contribution in [0.1, 0.15) is 42.4 Å². The van der Waals surface area contributed by atoms with Crippen LogP contribution in [0.3, 0.4) is 0 Å². The number of carbonyl (C=O) groups is 2. The van der Waals surface area contributed by atoms with Gasteiger partial charge in [0.15, 0.2) is 0 Å². The molecule has 0 aliphatic carbocycles. The molecule has 3 aromatic rings. The topological polar surface area (TPSA) is 57.5 Å². The summed E-state index contributed by atoms with van der Waals surface area (Å²) >= 11 is 5.96. The maximum atomic E-state index is 13.3. The van der Waals surface area contributed by atoms with Gasteiger partial charge >= 0.3 is 5.97 Å². The summed E-state index contributed by atoms with van der Waals surface area (Å²) in [5, 5.41) is 1.36. The molecule has 0 aliphatic heterocycles. The van der Waals surface area contributed by atoms with Crippen molar-refractivity contribution in [1.29, 1.82) is 0 Å². The molecule has 30 heavy (non-hydrogen) atoms. The Morgan fingerprint density at radius 3 is 2.33 bits per heavy atom. The molecule has 0 aliphatic rings. The van der Waals surface area contributed by atoms with E-state index in [0.717, 1.165) is 10.9 Å². The Kier molecular flexibility index (Phi) is 6.22. The van der Waals surface area contributed by atoms with Gasteiger partial charge in [0.25, 0.3) is 5.91 Å². The summed E-state index contributed by atoms with van der Waals surface area (Å²) in [5.74, 6) is 0.144. The lowest BCUT2D eigenvalue weighted by molar-refractivity contribution is -0.145. The molecule has 1 heterocycles. The summed E-state index contributed by atoms with van der Waals surface area (Å²) in [6.45, 7) is 8.19. The van der Waals surface area contributed by atoms with Crippen molar-refractivity contribution in [1.82, 2.24) is 4.57 Å². The molecule has 0 atom stereocenters. The van der Waals surface area contributed by atoms with Gasteiger partial charge in [0.1, 0.15) is 5.75 Å². The highest BCUT2D eigenvalue weighted by Gasteiger charge is 2.23. The van der Waals surface area contributed by atoms with Gasteiger partial charge in [-0.25, -0.2) is 0 Å². The van der Waals surface area contributed by atoms with Crippen molar-refractivity contribution in [3.8, 4) is 5.75 Å². The van der Waals surface area contributed by atoms with Crippen LogP contribution in [0.4, 0.5) is 0 Å². The van der Waals surface area contributed by atoms with E-state index >= 15 is 0 Å². The van der Waals surface area contributed by atoms with E-state index in [1.807, 2.05) is 39.8 Å². The molecule has 158 valence electrons. The van der Waals surface area contributed by atoms with Gasteiger partial charge in [0.05, 0.1) is 25.7 Å². The van der Waals surface area contributed by atoms with Crippen molar-refractivity contribution in [2.24, 2.45) is 5.41 Å². The molecule has 5 nitrogen and oxygen atoms in total. The average molecular weight is 428 g/mol. The van der Waals surface area contributed by atoms with Gasteiger partial charge < -0.3 is 9.47 Å². The van der Waals surface area contributed by atoms with Gasteiger partial charge in [-0.3, -0.25) is 14.2 Å². The third-order valence-electron chi connectivity index (χ3n) is 4.82. The maximum absolute atomic E-state index is 13.3. The van der Waals surface area contributed by atoms with Crippen molar-refractivity contribution >= 4 is 34.4 Å². The van der Waals surface area contributed by atoms with Crippen LogP contribution in [0, 0.1) is 12.3 Å². The minimum atomic E-state index is -0.325. The fourth-order valence-electron chi connectivity index (χ4n) is 3.29. The molecule has 0 amide bonds. The number of rotatable bonds is 5. The second-order valence-corrected chi connectivity index (χ2v) is 8.93. The first-order valence-corrected chi connectivity index (χ1v) is 10.1. The zero-order chi connectivity index (χ0) is 22.1. The number of fused-ring (bicyclic) bond motifs is 1. The number of methoxy groups -OCH3 is 1. The van der Waals surface area contributed by atoms with E-state index in [4.69, 9.17) is 21.1 Å². The summed E-state index contributed by atoms with van der Waals surface area (Å²) in [5.41, 5.74) is 2.56. The molecular formula is C24H26ClNO4. The molecule has 1 aromatic heterocycles. The Bertz CT molecular complexity index is 1090. The monoisotopic (exact) mass is 427 g/mol. The van der Waals surface area contributed by atoms with Gasteiger partial charge in [0, 0.05) is 21.7 Å². The Labute approximate surface area is 181 Å². The van der Waals surface area contributed by atoms with E-state index < -0.39 is 0 Å². The number of hydrogen-bond acceptors (Lipinski definition) is 4. The minimum Gasteiger partial charge on any atom is -0.497 e. The van der Waals surface area contributed by atoms with Crippen LogP contribution in [-0.2, 0) is 16.0 Å². The lowest BCUT2D eigenvalue weighted by Gasteiger charge is -2.17. The van der Waals surface area contributed by atoms with Crippen molar-refractivity contribution in [3.63, 3.8) is 0 Å². The summed E-state index contributed by atoms with van der Waals surface area (Å²) in [6.07, 6.45) is 0.0759. The van der Waals surface area contributed by atoms with Crippen LogP contribution < -0.4 is 4.74 Å². The minimum absolute atomic E-state index is 0.0759. The van der Waals surface area contributed by atoms with Gasteiger partial charge in [-0.2, -0.15) is 0 Å². The van der Waals surface area contributed by atoms with Crippen LogP contribution in [0.15, 0.2) is 42.5 Å². The van der Waals surface area contributed by atoms with Crippen LogP contribution in [-0.4, -0.2) is 30.2 Å². The molecule has 6 heteroatoms. The Morgan fingerprint density at radius 1 is 1.07 bits per heavy atom. The molecule has 2 aromatic carbocycles. The van der Waals surface area contributed by atoms with Crippen LogP contribution in [0.5, 0.6) is 5.75 Å². The van der Waals surface area contributed by atoms with E-state index in [1.54, 1.807) is 42.0 Å².